The smallest absolute Gasteiger partial charge is 0.331 e. The average Bonchev–Trinajstić information content (AvgIpc) is 3.10. The Morgan fingerprint density at radius 2 is 1.74 bits per heavy atom. The van der Waals surface area contributed by atoms with E-state index in [0.29, 0.717) is 30.8 Å². The summed E-state index contributed by atoms with van der Waals surface area (Å²) in [5.74, 6) is -1.11. The van der Waals surface area contributed by atoms with Crippen molar-refractivity contribution in [1.29, 1.82) is 0 Å². The zero-order chi connectivity index (χ0) is 28.2. The third kappa shape index (κ3) is 4.46. The van der Waals surface area contributed by atoms with E-state index in [2.05, 4.69) is 27.7 Å². The van der Waals surface area contributed by atoms with Gasteiger partial charge in [0.2, 0.25) is 0 Å². The molecule has 0 saturated heterocycles. The van der Waals surface area contributed by atoms with E-state index in [-0.39, 0.29) is 58.7 Å². The number of rotatable bonds is 6. The van der Waals surface area contributed by atoms with Crippen LogP contribution in [0, 0.1) is 39.9 Å². The summed E-state index contributed by atoms with van der Waals surface area (Å²) in [5, 5.41) is 42.2. The first-order valence-corrected chi connectivity index (χ1v) is 14.5. The maximum Gasteiger partial charge on any atom is 0.331 e. The lowest BCUT2D eigenvalue weighted by molar-refractivity contribution is -0.234. The Kier molecular flexibility index (Phi) is 7.99. The Bertz CT molecular complexity index is 1020. The zero-order valence-electron chi connectivity index (χ0n) is 24.0. The first kappa shape index (κ1) is 29.3. The number of carbonyl (C=O) groups is 2. The first-order valence-electron chi connectivity index (χ1n) is 14.5. The lowest BCUT2D eigenvalue weighted by Gasteiger charge is -2.69. The minimum Gasteiger partial charge on any atom is -0.478 e. The summed E-state index contributed by atoms with van der Waals surface area (Å²) in [6, 6.07) is 0. The molecule has 4 rings (SSSR count). The number of aliphatic carboxylic acids is 1. The number of carboxylic acid groups (broad SMARTS) is 1. The van der Waals surface area contributed by atoms with E-state index in [0.717, 1.165) is 31.3 Å². The molecule has 0 spiro atoms. The molecule has 7 nitrogen and oxygen atoms in total. The number of hydrogen-bond acceptors (Lipinski definition) is 6. The predicted molar refractivity (Wildman–Crippen MR) is 144 cm³/mol. The zero-order valence-corrected chi connectivity index (χ0v) is 24.0. The first-order chi connectivity index (χ1) is 17.7. The third-order valence-electron chi connectivity index (χ3n) is 11.8. The van der Waals surface area contributed by atoms with Crippen molar-refractivity contribution in [2.24, 2.45) is 39.9 Å². The van der Waals surface area contributed by atoms with E-state index in [1.165, 1.54) is 6.92 Å². The molecule has 4 saturated carbocycles. The molecule has 4 aliphatic carbocycles. The average molecular weight is 533 g/mol. The van der Waals surface area contributed by atoms with Crippen molar-refractivity contribution in [3.8, 4) is 0 Å². The highest BCUT2D eigenvalue weighted by Crippen LogP contribution is 2.74. The van der Waals surface area contributed by atoms with E-state index in [1.54, 1.807) is 0 Å². The second-order valence-corrected chi connectivity index (χ2v) is 13.6. The van der Waals surface area contributed by atoms with Crippen LogP contribution in [0.3, 0.4) is 0 Å². The van der Waals surface area contributed by atoms with Gasteiger partial charge in [0.05, 0.1) is 18.8 Å². The summed E-state index contributed by atoms with van der Waals surface area (Å²) >= 11 is 0. The molecule has 214 valence electrons. The Morgan fingerprint density at radius 3 is 2.34 bits per heavy atom. The second kappa shape index (κ2) is 10.4. The van der Waals surface area contributed by atoms with E-state index in [4.69, 9.17) is 4.74 Å². The van der Waals surface area contributed by atoms with Crippen LogP contribution in [0.15, 0.2) is 22.8 Å². The molecule has 38 heavy (non-hydrogen) atoms. The Hall–Kier alpha value is -1.70. The highest BCUT2D eigenvalue weighted by molar-refractivity contribution is 5.88. The molecule has 0 heterocycles. The van der Waals surface area contributed by atoms with E-state index >= 15 is 0 Å². The highest BCUT2D eigenvalue weighted by Gasteiger charge is 2.70. The quantitative estimate of drug-likeness (QED) is 0.223. The minimum absolute atomic E-state index is 0.0192. The molecule has 0 unspecified atom stereocenters. The predicted octanol–water partition coefficient (Wildman–Crippen LogP) is 4.64. The van der Waals surface area contributed by atoms with Crippen molar-refractivity contribution in [1.82, 2.24) is 0 Å². The van der Waals surface area contributed by atoms with Gasteiger partial charge in [-0.05, 0) is 104 Å². The monoisotopic (exact) mass is 532 g/mol. The van der Waals surface area contributed by atoms with E-state index in [1.807, 2.05) is 13.0 Å². The van der Waals surface area contributed by atoms with Crippen LogP contribution in [0.1, 0.15) is 92.9 Å². The van der Waals surface area contributed by atoms with Crippen molar-refractivity contribution in [3.05, 3.63) is 22.8 Å². The molecule has 0 aliphatic heterocycles. The van der Waals surface area contributed by atoms with Crippen LogP contribution in [-0.4, -0.2) is 57.3 Å². The van der Waals surface area contributed by atoms with Gasteiger partial charge < -0.3 is 25.2 Å². The molecule has 0 aromatic heterocycles. The lowest BCUT2D eigenvalue weighted by Crippen LogP contribution is -2.65. The largest absolute Gasteiger partial charge is 0.478 e. The van der Waals surface area contributed by atoms with Crippen LogP contribution in [0.2, 0.25) is 0 Å². The molecular formula is C31H48O7. The molecule has 4 fully saturated rings. The number of esters is 1. The number of ether oxygens (including phenoxy) is 1. The maximum atomic E-state index is 12.6. The fraction of sp³-hybridized carbons (Fsp3) is 0.806. The van der Waals surface area contributed by atoms with Crippen LogP contribution in [0.5, 0.6) is 0 Å². The normalized spacial score (nSPS) is 46.0. The number of hydrogen-bond donors (Lipinski definition) is 4. The summed E-state index contributed by atoms with van der Waals surface area (Å²) in [5.41, 5.74) is 0.980. The summed E-state index contributed by atoms with van der Waals surface area (Å²) < 4.78 is 5.85. The van der Waals surface area contributed by atoms with Gasteiger partial charge in [0, 0.05) is 12.5 Å². The molecule has 0 aromatic rings. The van der Waals surface area contributed by atoms with Gasteiger partial charge in [-0.1, -0.05) is 39.3 Å². The SMILES string of the molecule is CC(=O)O[C@H]1C[C@@]2(C)[C@@H](C[C@@H](O)[C@H]3[C@@]4(C)CC[C@@H](O)[C@@H](C)[C@@H]4CC[C@@]32C)C1=C(CC/C=C(\C)CO)C(=O)O. The molecule has 0 bridgehead atoms. The standard InChI is InChI=1S/C31H48O7/c1-17(16-32)8-7-9-20(28(36)37)26-22-14-24(35)27-29(4)12-11-23(34)18(2)21(29)10-13-30(27,5)31(22,6)15-25(26)38-19(3)33/h8,18,21-25,27,32,34-35H,7,9-16H2,1-6H3,(H,36,37)/b17-8+,26-20?/t18-,21-,22-,23+,24+,25-,27-,29-,30-,31-/m0/s1. The van der Waals surface area contributed by atoms with Crippen LogP contribution in [0.25, 0.3) is 0 Å². The van der Waals surface area contributed by atoms with Crippen LogP contribution < -0.4 is 0 Å². The summed E-state index contributed by atoms with van der Waals surface area (Å²) in [7, 11) is 0. The lowest BCUT2D eigenvalue weighted by atomic mass is 9.36. The van der Waals surface area contributed by atoms with Gasteiger partial charge in [-0.3, -0.25) is 4.79 Å². The molecular weight excluding hydrogens is 484 g/mol. The summed E-state index contributed by atoms with van der Waals surface area (Å²) in [6.07, 6.45) is 5.51. The van der Waals surface area contributed by atoms with Crippen LogP contribution in [-0.2, 0) is 14.3 Å². The van der Waals surface area contributed by atoms with Gasteiger partial charge in [0.25, 0.3) is 0 Å². The van der Waals surface area contributed by atoms with Gasteiger partial charge in [-0.2, -0.15) is 0 Å². The van der Waals surface area contributed by atoms with Gasteiger partial charge >= 0.3 is 11.9 Å². The fourth-order valence-electron chi connectivity index (χ4n) is 9.81. The van der Waals surface area contributed by atoms with Crippen molar-refractivity contribution in [2.75, 3.05) is 6.61 Å². The summed E-state index contributed by atoms with van der Waals surface area (Å²) in [4.78, 5) is 24.9. The van der Waals surface area contributed by atoms with E-state index < -0.39 is 24.1 Å². The Morgan fingerprint density at radius 1 is 1.05 bits per heavy atom. The number of aliphatic hydroxyl groups is 3. The molecule has 0 aromatic carbocycles. The summed E-state index contributed by atoms with van der Waals surface area (Å²) in [6.45, 7) is 12.1. The van der Waals surface area contributed by atoms with Gasteiger partial charge in [-0.25, -0.2) is 4.79 Å². The van der Waals surface area contributed by atoms with Crippen molar-refractivity contribution in [2.45, 2.75) is 111 Å². The van der Waals surface area contributed by atoms with Crippen molar-refractivity contribution < 1.29 is 34.8 Å². The number of aliphatic hydroxyl groups excluding tert-OH is 3. The number of carbonyl (C=O) groups excluding carboxylic acids is 1. The Balaban J connectivity index is 1.81. The topological polar surface area (TPSA) is 124 Å². The number of fused-ring (bicyclic) bond motifs is 5. The molecule has 10 atom stereocenters. The van der Waals surface area contributed by atoms with Gasteiger partial charge in [0.1, 0.15) is 6.10 Å². The number of allylic oxidation sites excluding steroid dienone is 1. The Labute approximate surface area is 227 Å². The number of carboxylic acids is 1. The molecule has 4 aliphatic rings. The molecule has 7 heteroatoms. The molecule has 0 amide bonds. The van der Waals surface area contributed by atoms with E-state index in [9.17, 15) is 30.0 Å². The van der Waals surface area contributed by atoms with Crippen molar-refractivity contribution in [3.63, 3.8) is 0 Å². The van der Waals surface area contributed by atoms with Gasteiger partial charge in [0.15, 0.2) is 0 Å². The third-order valence-corrected chi connectivity index (χ3v) is 11.8. The fourth-order valence-corrected chi connectivity index (χ4v) is 9.81. The molecule has 4 N–H and O–H groups in total. The van der Waals surface area contributed by atoms with Crippen LogP contribution >= 0.6 is 0 Å². The van der Waals surface area contributed by atoms with Gasteiger partial charge in [-0.15, -0.1) is 0 Å². The highest BCUT2D eigenvalue weighted by atomic mass is 16.5. The van der Waals surface area contributed by atoms with Crippen LogP contribution in [0.4, 0.5) is 0 Å². The second-order valence-electron chi connectivity index (χ2n) is 13.6. The molecule has 0 radical (unpaired) electrons. The van der Waals surface area contributed by atoms with Crippen molar-refractivity contribution >= 4 is 11.9 Å². The maximum absolute atomic E-state index is 12.6. The minimum atomic E-state index is -1.01.